The Morgan fingerprint density at radius 2 is 1.92 bits per heavy atom. The second kappa shape index (κ2) is 9.25. The third-order valence-electron chi connectivity index (χ3n) is 8.26. The van der Waals surface area contributed by atoms with Crippen LogP contribution in [-0.2, 0) is 9.53 Å². The van der Waals surface area contributed by atoms with Crippen molar-refractivity contribution in [3.63, 3.8) is 0 Å². The number of hydrogen-bond donors (Lipinski definition) is 1. The van der Waals surface area contributed by atoms with Crippen LogP contribution in [0.3, 0.4) is 0 Å². The molecule has 1 saturated carbocycles. The fourth-order valence-electron chi connectivity index (χ4n) is 5.60. The first kappa shape index (κ1) is 22.9. The van der Waals surface area contributed by atoms with Crippen LogP contribution in [0.25, 0.3) is 22.4 Å². The lowest BCUT2D eigenvalue weighted by Crippen LogP contribution is -2.56. The molecule has 4 fully saturated rings. The van der Waals surface area contributed by atoms with E-state index in [0.29, 0.717) is 30.9 Å². The molecule has 7 rings (SSSR count). The highest BCUT2D eigenvalue weighted by molar-refractivity contribution is 5.84. The van der Waals surface area contributed by atoms with Crippen molar-refractivity contribution in [2.75, 3.05) is 50.8 Å². The smallest absolute Gasteiger partial charge is 0.241 e. The first-order chi connectivity index (χ1) is 18.1. The molecule has 0 radical (unpaired) electrons. The lowest BCUT2D eigenvalue weighted by atomic mass is 10.0. The number of imidazole rings is 1. The van der Waals surface area contributed by atoms with E-state index in [9.17, 15) is 4.79 Å². The highest BCUT2D eigenvalue weighted by atomic mass is 16.5. The number of piperazine rings is 1. The summed E-state index contributed by atoms with van der Waals surface area (Å²) in [5.74, 6) is 0.781. The number of carbonyl (C=O) groups excluding carboxylic acids is 1. The van der Waals surface area contributed by atoms with Crippen molar-refractivity contribution in [2.45, 2.75) is 44.4 Å². The van der Waals surface area contributed by atoms with Gasteiger partial charge in [0.1, 0.15) is 11.6 Å². The second-order valence-corrected chi connectivity index (χ2v) is 10.8. The molecule has 3 aliphatic heterocycles. The van der Waals surface area contributed by atoms with Crippen molar-refractivity contribution in [3.05, 3.63) is 30.7 Å². The van der Waals surface area contributed by atoms with Crippen LogP contribution in [0.2, 0.25) is 0 Å². The summed E-state index contributed by atoms with van der Waals surface area (Å²) in [6, 6.07) is 7.24. The number of rotatable bonds is 7. The van der Waals surface area contributed by atoms with Crippen LogP contribution in [0.4, 0.5) is 5.69 Å². The molecule has 3 aromatic heterocycles. The van der Waals surface area contributed by atoms with Crippen LogP contribution in [0.15, 0.2) is 30.7 Å². The lowest BCUT2D eigenvalue weighted by Gasteiger charge is -2.43. The molecule has 6 heterocycles. The Hall–Kier alpha value is -3.24. The first-order valence-corrected chi connectivity index (χ1v) is 13.5. The summed E-state index contributed by atoms with van der Waals surface area (Å²) in [6.45, 7) is 8.49. The van der Waals surface area contributed by atoms with Gasteiger partial charge in [-0.1, -0.05) is 0 Å². The topological polar surface area (TPSA) is 97.6 Å². The molecule has 1 aliphatic carbocycles. The summed E-state index contributed by atoms with van der Waals surface area (Å²) in [5.41, 5.74) is 4.48. The zero-order chi connectivity index (χ0) is 24.9. The summed E-state index contributed by atoms with van der Waals surface area (Å²) in [6.07, 6.45) is 6.48. The monoisotopic (exact) mass is 503 g/mol. The van der Waals surface area contributed by atoms with Gasteiger partial charge in [0.2, 0.25) is 11.8 Å². The number of aromatic nitrogens is 4. The highest BCUT2D eigenvalue weighted by Crippen LogP contribution is 2.40. The first-order valence-electron chi connectivity index (χ1n) is 13.5. The third-order valence-corrected chi connectivity index (χ3v) is 8.26. The van der Waals surface area contributed by atoms with E-state index in [1.165, 1.54) is 0 Å². The van der Waals surface area contributed by atoms with Crippen LogP contribution in [0, 0.1) is 5.92 Å². The maximum atomic E-state index is 11.8. The van der Waals surface area contributed by atoms with E-state index in [0.717, 1.165) is 80.3 Å². The molecule has 1 N–H and O–H groups in total. The predicted molar refractivity (Wildman–Crippen MR) is 139 cm³/mol. The van der Waals surface area contributed by atoms with Gasteiger partial charge >= 0.3 is 0 Å². The number of pyridine rings is 2. The third kappa shape index (κ3) is 4.42. The molecule has 0 aromatic carbocycles. The van der Waals surface area contributed by atoms with E-state index in [2.05, 4.69) is 25.8 Å². The Bertz CT molecular complexity index is 1290. The quantitative estimate of drug-likeness (QED) is 0.525. The van der Waals surface area contributed by atoms with Crippen molar-refractivity contribution in [2.24, 2.45) is 5.92 Å². The zero-order valence-electron chi connectivity index (χ0n) is 21.2. The number of fused-ring (bicyclic) bond motifs is 1. The largest absolute Gasteiger partial charge is 0.473 e. The van der Waals surface area contributed by atoms with Gasteiger partial charge in [0.05, 0.1) is 54.4 Å². The molecular formula is C27H33N7O3. The highest BCUT2D eigenvalue weighted by Gasteiger charge is 2.32. The number of ether oxygens (including phenoxy) is 2. The SMILES string of the molecule is CC(Oc1nc(-c2ccc(N3CCN(C4COC4)CC3)cn2)cc2ncn(C3CC3)c12)[C@H]1CNC(=O)C1. The Morgan fingerprint density at radius 3 is 2.57 bits per heavy atom. The van der Waals surface area contributed by atoms with Crippen LogP contribution >= 0.6 is 0 Å². The molecule has 0 bridgehead atoms. The molecule has 194 valence electrons. The number of nitrogens with zero attached hydrogens (tertiary/aromatic N) is 6. The van der Waals surface area contributed by atoms with Crippen molar-refractivity contribution in [3.8, 4) is 17.3 Å². The van der Waals surface area contributed by atoms with Crippen LogP contribution in [0.5, 0.6) is 5.88 Å². The van der Waals surface area contributed by atoms with E-state index >= 15 is 0 Å². The Balaban J connectivity index is 1.13. The molecule has 3 saturated heterocycles. The normalized spacial score (nSPS) is 23.8. The molecule has 1 unspecified atom stereocenters. The van der Waals surface area contributed by atoms with Crippen LogP contribution in [-0.4, -0.2) is 88.4 Å². The van der Waals surface area contributed by atoms with Crippen molar-refractivity contribution < 1.29 is 14.3 Å². The standard InChI is InChI=1S/C27H33N7O3/c1-17(18-10-25(35)29-12-18)37-27-26-24(30-16-34(26)19-2-3-19)11-23(31-27)22-5-4-20(13-28-22)32-6-8-33(9-7-32)21-14-36-15-21/h4-5,11,13,16-19,21H,2-3,6-10,12,14-15H2,1H3,(H,29,35)/t17?,18-/m1/s1. The number of anilines is 1. The summed E-state index contributed by atoms with van der Waals surface area (Å²) in [5, 5.41) is 2.91. The molecule has 3 aromatic rings. The predicted octanol–water partition coefficient (Wildman–Crippen LogP) is 2.25. The lowest BCUT2D eigenvalue weighted by molar-refractivity contribution is -0.119. The molecular weight excluding hydrogens is 470 g/mol. The van der Waals surface area contributed by atoms with E-state index in [1.54, 1.807) is 0 Å². The number of carbonyl (C=O) groups is 1. The average Bonchev–Trinajstić information content (AvgIpc) is 3.48. The fourth-order valence-corrected chi connectivity index (χ4v) is 5.60. The molecule has 0 spiro atoms. The van der Waals surface area contributed by atoms with Gasteiger partial charge in [0.25, 0.3) is 0 Å². The van der Waals surface area contributed by atoms with Gasteiger partial charge in [0.15, 0.2) is 0 Å². The molecule has 1 amide bonds. The fraction of sp³-hybridized carbons (Fsp3) is 0.556. The molecule has 10 heteroatoms. The van der Waals surface area contributed by atoms with Gasteiger partial charge in [-0.2, -0.15) is 0 Å². The van der Waals surface area contributed by atoms with E-state index in [-0.39, 0.29) is 17.9 Å². The maximum Gasteiger partial charge on any atom is 0.241 e. The Morgan fingerprint density at radius 1 is 1.08 bits per heavy atom. The Kier molecular flexibility index (Phi) is 5.73. The molecule has 10 nitrogen and oxygen atoms in total. The van der Waals surface area contributed by atoms with Gasteiger partial charge in [0, 0.05) is 51.1 Å². The van der Waals surface area contributed by atoms with Gasteiger partial charge in [-0.3, -0.25) is 14.7 Å². The number of hydrogen-bond acceptors (Lipinski definition) is 8. The summed E-state index contributed by atoms with van der Waals surface area (Å²) >= 11 is 0. The average molecular weight is 504 g/mol. The van der Waals surface area contributed by atoms with Crippen molar-refractivity contribution in [1.29, 1.82) is 0 Å². The van der Waals surface area contributed by atoms with Crippen LogP contribution < -0.4 is 15.0 Å². The summed E-state index contributed by atoms with van der Waals surface area (Å²) < 4.78 is 14.0. The molecule has 4 aliphatic rings. The minimum atomic E-state index is -0.145. The van der Waals surface area contributed by atoms with Gasteiger partial charge in [-0.05, 0) is 38.0 Å². The van der Waals surface area contributed by atoms with E-state index in [4.69, 9.17) is 24.4 Å². The zero-order valence-corrected chi connectivity index (χ0v) is 21.2. The van der Waals surface area contributed by atoms with Gasteiger partial charge < -0.3 is 24.3 Å². The van der Waals surface area contributed by atoms with Crippen molar-refractivity contribution >= 4 is 22.6 Å². The minimum Gasteiger partial charge on any atom is -0.473 e. The van der Waals surface area contributed by atoms with Gasteiger partial charge in [-0.25, -0.2) is 9.97 Å². The maximum absolute atomic E-state index is 11.8. The van der Waals surface area contributed by atoms with Crippen LogP contribution in [0.1, 0.15) is 32.2 Å². The minimum absolute atomic E-state index is 0.0816. The number of amides is 1. The second-order valence-electron chi connectivity index (χ2n) is 10.8. The number of nitrogens with one attached hydrogen (secondary N) is 1. The molecule has 2 atom stereocenters. The van der Waals surface area contributed by atoms with E-state index < -0.39 is 0 Å². The Labute approximate surface area is 216 Å². The summed E-state index contributed by atoms with van der Waals surface area (Å²) in [7, 11) is 0. The van der Waals surface area contributed by atoms with Crippen molar-refractivity contribution in [1.82, 2.24) is 29.7 Å². The van der Waals surface area contributed by atoms with Gasteiger partial charge in [-0.15, -0.1) is 0 Å². The van der Waals surface area contributed by atoms with E-state index in [1.807, 2.05) is 31.6 Å². The molecule has 37 heavy (non-hydrogen) atoms. The summed E-state index contributed by atoms with van der Waals surface area (Å²) in [4.78, 5) is 31.1.